The quantitative estimate of drug-likeness (QED) is 0.663. The summed E-state index contributed by atoms with van der Waals surface area (Å²) in [7, 11) is 0. The molecule has 0 amide bonds. The van der Waals surface area contributed by atoms with E-state index in [0.717, 1.165) is 0 Å². The second-order valence-corrected chi connectivity index (χ2v) is 5.07. The van der Waals surface area contributed by atoms with Crippen molar-refractivity contribution < 1.29 is 0 Å². The lowest BCUT2D eigenvalue weighted by Crippen LogP contribution is -1.90. The highest BCUT2D eigenvalue weighted by atomic mass is 14.1. The fraction of sp³-hybridized carbons (Fsp3) is 0.375. The normalized spacial score (nSPS) is 11.6. The Hall–Kier alpha value is -1.30. The van der Waals surface area contributed by atoms with Gasteiger partial charge >= 0.3 is 0 Å². The van der Waals surface area contributed by atoms with E-state index in [1.165, 1.54) is 21.9 Å². The number of benzene rings is 2. The Bertz CT molecular complexity index is 450. The largest absolute Gasteiger partial charge is 0.0587 e. The third kappa shape index (κ3) is 2.11. The van der Waals surface area contributed by atoms with Gasteiger partial charge in [-0.1, -0.05) is 58.0 Å². The zero-order valence-corrected chi connectivity index (χ0v) is 10.5. The van der Waals surface area contributed by atoms with Crippen LogP contribution in [0.25, 0.3) is 10.8 Å². The van der Waals surface area contributed by atoms with Crippen molar-refractivity contribution in [3.63, 3.8) is 0 Å². The van der Waals surface area contributed by atoms with Crippen LogP contribution in [0.1, 0.15) is 50.7 Å². The van der Waals surface area contributed by atoms with Crippen LogP contribution in [0, 0.1) is 6.07 Å². The fourth-order valence-corrected chi connectivity index (χ4v) is 1.90. The van der Waals surface area contributed by atoms with E-state index in [0.29, 0.717) is 11.8 Å². The maximum absolute atomic E-state index is 3.52. The van der Waals surface area contributed by atoms with Gasteiger partial charge in [0.1, 0.15) is 0 Å². The zero-order valence-electron chi connectivity index (χ0n) is 10.5. The van der Waals surface area contributed by atoms with Crippen molar-refractivity contribution in [3.8, 4) is 0 Å². The number of hydrogen-bond acceptors (Lipinski definition) is 0. The number of rotatable bonds is 2. The Kier molecular flexibility index (Phi) is 3.00. The fourth-order valence-electron chi connectivity index (χ4n) is 1.90. The highest BCUT2D eigenvalue weighted by Crippen LogP contribution is 2.24. The molecule has 0 unspecified atom stereocenters. The lowest BCUT2D eigenvalue weighted by molar-refractivity contribution is 0.863. The first-order valence-corrected chi connectivity index (χ1v) is 6.04. The van der Waals surface area contributed by atoms with Crippen LogP contribution in [0.3, 0.4) is 0 Å². The molecule has 0 nitrogen and oxygen atoms in total. The van der Waals surface area contributed by atoms with Gasteiger partial charge in [0.25, 0.3) is 0 Å². The SMILES string of the molecule is CC(C)c1[c]c2cc(C(C)C)ccc2cc1. The van der Waals surface area contributed by atoms with Crippen LogP contribution >= 0.6 is 0 Å². The molecular formula is C16H19. The topological polar surface area (TPSA) is 0 Å². The van der Waals surface area contributed by atoms with Gasteiger partial charge in [0.15, 0.2) is 0 Å². The molecule has 0 bridgehead atoms. The van der Waals surface area contributed by atoms with Gasteiger partial charge in [-0.2, -0.15) is 0 Å². The molecule has 0 atom stereocenters. The van der Waals surface area contributed by atoms with Gasteiger partial charge in [0.05, 0.1) is 0 Å². The van der Waals surface area contributed by atoms with Gasteiger partial charge in [-0.15, -0.1) is 0 Å². The van der Waals surface area contributed by atoms with Crippen LogP contribution in [0.5, 0.6) is 0 Å². The van der Waals surface area contributed by atoms with Crippen LogP contribution < -0.4 is 0 Å². The molecule has 2 aromatic carbocycles. The molecule has 0 heterocycles. The predicted octanol–water partition coefficient (Wildman–Crippen LogP) is 4.89. The minimum Gasteiger partial charge on any atom is -0.0587 e. The summed E-state index contributed by atoms with van der Waals surface area (Å²) in [5.74, 6) is 1.13. The van der Waals surface area contributed by atoms with E-state index in [-0.39, 0.29) is 0 Å². The second-order valence-electron chi connectivity index (χ2n) is 5.07. The highest BCUT2D eigenvalue weighted by molar-refractivity contribution is 5.83. The maximum atomic E-state index is 3.52. The molecule has 0 fully saturated rings. The van der Waals surface area contributed by atoms with Crippen LogP contribution in [0.4, 0.5) is 0 Å². The van der Waals surface area contributed by atoms with Crippen LogP contribution in [-0.2, 0) is 0 Å². The van der Waals surface area contributed by atoms with Crippen molar-refractivity contribution in [1.82, 2.24) is 0 Å². The third-order valence-corrected chi connectivity index (χ3v) is 3.09. The molecule has 16 heavy (non-hydrogen) atoms. The van der Waals surface area contributed by atoms with Crippen molar-refractivity contribution in [1.29, 1.82) is 0 Å². The highest BCUT2D eigenvalue weighted by Gasteiger charge is 2.04. The molecular weight excluding hydrogens is 192 g/mol. The standard InChI is InChI=1S/C16H19/c1-11(2)14-7-5-13-6-8-15(12(3)4)10-16(13)9-14/h5-9,11-12H,1-4H3. The molecule has 0 spiro atoms. The molecule has 1 radical (unpaired) electrons. The van der Waals surface area contributed by atoms with Gasteiger partial charge in [0, 0.05) is 0 Å². The first-order valence-electron chi connectivity index (χ1n) is 6.04. The van der Waals surface area contributed by atoms with Crippen molar-refractivity contribution in [2.45, 2.75) is 39.5 Å². The smallest absolute Gasteiger partial charge is 0.00615 e. The Balaban J connectivity index is 2.56. The first-order chi connectivity index (χ1) is 7.58. The lowest BCUT2D eigenvalue weighted by Gasteiger charge is -2.09. The number of hydrogen-bond donors (Lipinski definition) is 0. The Morgan fingerprint density at radius 3 is 2.19 bits per heavy atom. The van der Waals surface area contributed by atoms with E-state index in [4.69, 9.17) is 0 Å². The zero-order chi connectivity index (χ0) is 11.7. The summed E-state index contributed by atoms with van der Waals surface area (Å²) in [4.78, 5) is 0. The average molecular weight is 211 g/mol. The van der Waals surface area contributed by atoms with Gasteiger partial charge < -0.3 is 0 Å². The van der Waals surface area contributed by atoms with Gasteiger partial charge in [-0.05, 0) is 39.8 Å². The Labute approximate surface area is 98.3 Å². The Morgan fingerprint density at radius 1 is 0.875 bits per heavy atom. The van der Waals surface area contributed by atoms with Crippen molar-refractivity contribution in [3.05, 3.63) is 47.5 Å². The summed E-state index contributed by atoms with van der Waals surface area (Å²) < 4.78 is 0. The molecule has 0 saturated carbocycles. The molecule has 0 aromatic heterocycles. The summed E-state index contributed by atoms with van der Waals surface area (Å²) in [5, 5.41) is 2.53. The van der Waals surface area contributed by atoms with E-state index in [2.05, 4.69) is 64.1 Å². The van der Waals surface area contributed by atoms with Crippen molar-refractivity contribution in [2.24, 2.45) is 0 Å². The predicted molar refractivity (Wildman–Crippen MR) is 71.0 cm³/mol. The Morgan fingerprint density at radius 2 is 1.56 bits per heavy atom. The van der Waals surface area contributed by atoms with Crippen molar-refractivity contribution in [2.75, 3.05) is 0 Å². The van der Waals surface area contributed by atoms with Crippen LogP contribution in [0.2, 0.25) is 0 Å². The molecule has 2 rings (SSSR count). The van der Waals surface area contributed by atoms with Gasteiger partial charge in [0.2, 0.25) is 0 Å². The van der Waals surface area contributed by atoms with E-state index in [1.807, 2.05) is 0 Å². The molecule has 0 aliphatic carbocycles. The van der Waals surface area contributed by atoms with Crippen LogP contribution in [0.15, 0.2) is 30.3 Å². The summed E-state index contributed by atoms with van der Waals surface area (Å²) in [6.45, 7) is 8.88. The third-order valence-electron chi connectivity index (χ3n) is 3.09. The molecule has 0 N–H and O–H groups in total. The average Bonchev–Trinajstić information content (AvgIpc) is 2.27. The van der Waals surface area contributed by atoms with E-state index >= 15 is 0 Å². The number of fused-ring (bicyclic) bond motifs is 1. The summed E-state index contributed by atoms with van der Waals surface area (Å²) in [5.41, 5.74) is 2.69. The maximum Gasteiger partial charge on any atom is -0.00615 e. The lowest BCUT2D eigenvalue weighted by atomic mass is 9.95. The van der Waals surface area contributed by atoms with E-state index < -0.39 is 0 Å². The van der Waals surface area contributed by atoms with E-state index in [1.54, 1.807) is 0 Å². The molecule has 0 aliphatic rings. The molecule has 0 aliphatic heterocycles. The summed E-state index contributed by atoms with van der Waals surface area (Å²) >= 11 is 0. The second kappa shape index (κ2) is 4.29. The first kappa shape index (κ1) is 11.2. The molecule has 83 valence electrons. The van der Waals surface area contributed by atoms with Crippen LogP contribution in [-0.4, -0.2) is 0 Å². The summed E-state index contributed by atoms with van der Waals surface area (Å²) in [6, 6.07) is 14.6. The molecule has 0 heteroatoms. The molecule has 2 aromatic rings. The molecule has 0 saturated heterocycles. The van der Waals surface area contributed by atoms with Gasteiger partial charge in [-0.3, -0.25) is 0 Å². The van der Waals surface area contributed by atoms with E-state index in [9.17, 15) is 0 Å². The van der Waals surface area contributed by atoms with Gasteiger partial charge in [-0.25, -0.2) is 0 Å². The minimum atomic E-state index is 0.548. The van der Waals surface area contributed by atoms with Crippen molar-refractivity contribution >= 4 is 10.8 Å². The minimum absolute atomic E-state index is 0.548. The monoisotopic (exact) mass is 211 g/mol. The summed E-state index contributed by atoms with van der Waals surface area (Å²) in [6.07, 6.45) is 0.